The first-order valence-electron chi connectivity index (χ1n) is 22.7. The molecular weight excluding hydrogens is 877 g/mol. The summed E-state index contributed by atoms with van der Waals surface area (Å²) < 4.78 is 53.6. The topological polar surface area (TPSA) is 93.7 Å². The minimum absolute atomic E-state index is 0.359. The zero-order valence-corrected chi connectivity index (χ0v) is 43.7. The van der Waals surface area contributed by atoms with Crippen LogP contribution in [0.15, 0.2) is 105 Å². The molecule has 0 saturated carbocycles. The van der Waals surface area contributed by atoms with Gasteiger partial charge in [0.05, 0.1) is 28.4 Å². The standard InChI is InChI=1S/C56H65NO8P2/c1-53(2,3)43-29-33(58-13)25-39(49(43)62-66-48-24-20-18-22-38(48)37-21-17-19-23-47(37)57-66)40-26-34(59-14)30-44(54(4,5)6)50(40)63-67-64-51-41(27-35(60-15)31-45(51)55(7,8)9)42-28-36(61-16)32-46(52(42)65-67)56(10,11)12/h17-32,57H,1-16H3. The van der Waals surface area contributed by atoms with Crippen LogP contribution in [0.5, 0.6) is 34.5 Å². The van der Waals surface area contributed by atoms with Gasteiger partial charge in [-0.3, -0.25) is 0 Å². The maximum atomic E-state index is 7.51. The fourth-order valence-corrected chi connectivity index (χ4v) is 11.5. The van der Waals surface area contributed by atoms with Gasteiger partial charge in [-0.25, -0.2) is 0 Å². The van der Waals surface area contributed by atoms with Crippen molar-refractivity contribution < 1.29 is 36.4 Å². The predicted octanol–water partition coefficient (Wildman–Crippen LogP) is 16.1. The first-order valence-corrected chi connectivity index (χ1v) is 25.1. The lowest BCUT2D eigenvalue weighted by Crippen LogP contribution is -2.21. The molecule has 0 fully saturated rings. The minimum atomic E-state index is -2.22. The highest BCUT2D eigenvalue weighted by Crippen LogP contribution is 2.56. The molecule has 11 heteroatoms. The van der Waals surface area contributed by atoms with Crippen LogP contribution in [0.4, 0.5) is 5.69 Å². The summed E-state index contributed by atoms with van der Waals surface area (Å²) in [7, 11) is 3.12. The number of fused-ring (bicyclic) bond motifs is 6. The summed E-state index contributed by atoms with van der Waals surface area (Å²) in [6.45, 7) is 26.1. The van der Waals surface area contributed by atoms with Crippen LogP contribution in [0.1, 0.15) is 105 Å². The molecule has 1 aromatic heterocycles. The molecule has 0 bridgehead atoms. The van der Waals surface area contributed by atoms with Crippen LogP contribution in [-0.2, 0) is 21.7 Å². The second kappa shape index (κ2) is 17.7. The largest absolute Gasteiger partial charge is 0.497 e. The Morgan fingerprint density at radius 1 is 0.418 bits per heavy atom. The summed E-state index contributed by atoms with van der Waals surface area (Å²) in [6.07, 6.45) is 0. The maximum absolute atomic E-state index is 7.51. The Labute approximate surface area is 398 Å². The third-order valence-corrected chi connectivity index (χ3v) is 14.9. The molecule has 1 unspecified atom stereocenters. The molecule has 2 heterocycles. The minimum Gasteiger partial charge on any atom is -0.497 e. The van der Waals surface area contributed by atoms with E-state index in [9.17, 15) is 0 Å². The molecule has 0 saturated heterocycles. The summed E-state index contributed by atoms with van der Waals surface area (Å²) in [4.78, 5) is 0. The fourth-order valence-electron chi connectivity index (χ4n) is 8.61. The van der Waals surface area contributed by atoms with E-state index in [1.54, 1.807) is 28.4 Å². The first kappa shape index (κ1) is 47.7. The third kappa shape index (κ3) is 9.30. The van der Waals surface area contributed by atoms with Crippen LogP contribution in [0.2, 0.25) is 0 Å². The second-order valence-corrected chi connectivity index (χ2v) is 23.7. The van der Waals surface area contributed by atoms with E-state index >= 15 is 0 Å². The van der Waals surface area contributed by atoms with Gasteiger partial charge in [0.1, 0.15) is 45.7 Å². The smallest absolute Gasteiger partial charge is 0.453 e. The molecule has 9 nitrogen and oxygen atoms in total. The lowest BCUT2D eigenvalue weighted by atomic mass is 9.81. The number of hydrogen-bond acceptors (Lipinski definition) is 9. The van der Waals surface area contributed by atoms with Crippen LogP contribution in [0.25, 0.3) is 44.2 Å². The summed E-state index contributed by atoms with van der Waals surface area (Å²) in [5.74, 6) is 4.03. The van der Waals surface area contributed by atoms with Gasteiger partial charge in [0, 0.05) is 60.7 Å². The van der Waals surface area contributed by atoms with Crippen LogP contribution >= 0.6 is 16.5 Å². The van der Waals surface area contributed by atoms with Crippen molar-refractivity contribution in [3.8, 4) is 56.8 Å². The Balaban J connectivity index is 1.48. The normalized spacial score (nSPS) is 13.9. The molecule has 0 amide bonds. The summed E-state index contributed by atoms with van der Waals surface area (Å²) in [5, 5.41) is 6.54. The maximum Gasteiger partial charge on any atom is 0.453 e. The summed E-state index contributed by atoms with van der Waals surface area (Å²) in [6, 6.07) is 33.2. The zero-order valence-electron chi connectivity index (χ0n) is 41.9. The number of methoxy groups -OCH3 is 4. The predicted molar refractivity (Wildman–Crippen MR) is 278 cm³/mol. The Kier molecular flexibility index (Phi) is 12.6. The van der Waals surface area contributed by atoms with Crippen LogP contribution in [0.3, 0.4) is 0 Å². The Morgan fingerprint density at radius 3 is 1.25 bits per heavy atom. The van der Waals surface area contributed by atoms with E-state index < -0.39 is 22.0 Å². The van der Waals surface area contributed by atoms with Crippen molar-refractivity contribution in [1.29, 1.82) is 0 Å². The molecule has 67 heavy (non-hydrogen) atoms. The van der Waals surface area contributed by atoms with Gasteiger partial charge in [0.2, 0.25) is 8.30 Å². The van der Waals surface area contributed by atoms with Crippen molar-refractivity contribution >= 4 is 49.5 Å². The highest BCUT2D eigenvalue weighted by molar-refractivity contribution is 7.63. The van der Waals surface area contributed by atoms with Crippen LogP contribution < -0.4 is 38.4 Å². The van der Waals surface area contributed by atoms with Gasteiger partial charge < -0.3 is 41.5 Å². The molecular formula is C56H65NO8P2. The quantitative estimate of drug-likeness (QED) is 0.142. The monoisotopic (exact) mass is 941 g/mol. The Bertz CT molecular complexity index is 2970. The van der Waals surface area contributed by atoms with Crippen molar-refractivity contribution in [2.45, 2.75) is 105 Å². The van der Waals surface area contributed by atoms with Gasteiger partial charge in [-0.2, -0.15) is 0 Å². The molecule has 352 valence electrons. The molecule has 1 atom stereocenters. The van der Waals surface area contributed by atoms with Gasteiger partial charge in [-0.05, 0) is 87.9 Å². The molecule has 0 spiro atoms. The third-order valence-electron chi connectivity index (χ3n) is 12.2. The average Bonchev–Trinajstić information content (AvgIpc) is 3.43. The van der Waals surface area contributed by atoms with E-state index in [2.05, 4.69) is 149 Å². The molecule has 7 aromatic rings. The van der Waals surface area contributed by atoms with Gasteiger partial charge in [-0.1, -0.05) is 119 Å². The van der Waals surface area contributed by atoms with Gasteiger partial charge in [-0.15, -0.1) is 0 Å². The highest BCUT2D eigenvalue weighted by Gasteiger charge is 2.35. The van der Waals surface area contributed by atoms with E-state index in [0.717, 1.165) is 66.3 Å². The van der Waals surface area contributed by atoms with Crippen molar-refractivity contribution in [3.63, 3.8) is 0 Å². The van der Waals surface area contributed by atoms with E-state index in [1.165, 1.54) is 0 Å². The Morgan fingerprint density at radius 2 is 0.806 bits per heavy atom. The number of rotatable bonds is 9. The number of nitrogens with one attached hydrogen (secondary N) is 1. The Hall–Kier alpha value is -5.75. The first-order chi connectivity index (χ1) is 31.5. The number of para-hydroxylation sites is 1. The molecule has 0 radical (unpaired) electrons. The zero-order chi connectivity index (χ0) is 48.4. The van der Waals surface area contributed by atoms with Crippen LogP contribution in [-0.4, -0.2) is 28.4 Å². The number of anilines is 1. The lowest BCUT2D eigenvalue weighted by molar-refractivity contribution is 0.409. The van der Waals surface area contributed by atoms with E-state index in [1.807, 2.05) is 36.4 Å². The number of ether oxygens (including phenoxy) is 4. The molecule has 1 aliphatic heterocycles. The fraction of sp³-hybridized carbons (Fsp3) is 0.357. The van der Waals surface area contributed by atoms with Crippen molar-refractivity contribution in [2.75, 3.05) is 33.5 Å². The lowest BCUT2D eigenvalue weighted by Gasteiger charge is -2.33. The average molecular weight is 942 g/mol. The van der Waals surface area contributed by atoms with Crippen molar-refractivity contribution in [1.82, 2.24) is 0 Å². The molecule has 6 aromatic carbocycles. The highest BCUT2D eigenvalue weighted by atomic mass is 31.2. The summed E-state index contributed by atoms with van der Waals surface area (Å²) in [5.41, 5.74) is 8.33. The van der Waals surface area contributed by atoms with Gasteiger partial charge in [0.25, 0.3) is 0 Å². The van der Waals surface area contributed by atoms with Crippen LogP contribution in [0, 0.1) is 0 Å². The molecule has 1 aliphatic rings. The van der Waals surface area contributed by atoms with E-state index in [0.29, 0.717) is 45.7 Å². The number of hydrogen-bond donors (Lipinski definition) is 1. The number of benzene rings is 6. The van der Waals surface area contributed by atoms with Crippen molar-refractivity contribution in [3.05, 3.63) is 119 Å². The molecule has 1 N–H and O–H groups in total. The summed E-state index contributed by atoms with van der Waals surface area (Å²) >= 11 is 0. The van der Waals surface area contributed by atoms with E-state index in [-0.39, 0.29) is 16.2 Å². The van der Waals surface area contributed by atoms with E-state index in [4.69, 9.17) is 36.4 Å². The van der Waals surface area contributed by atoms with Gasteiger partial charge >= 0.3 is 8.24 Å². The van der Waals surface area contributed by atoms with Crippen molar-refractivity contribution in [2.24, 2.45) is 0 Å². The molecule has 8 rings (SSSR count). The second-order valence-electron chi connectivity index (χ2n) is 21.3. The van der Waals surface area contributed by atoms with Gasteiger partial charge in [0.15, 0.2) is 0 Å². The molecule has 0 aliphatic carbocycles. The SMILES string of the molecule is COc1cc(-c2cc(OC)cc(C(C)(C)C)c2Op2oc3c(C(C)(C)C)cc(OC)cc3c3cc(OC)cc(C(C)(C)C)c3o2)c(OP2Nc3ccccc3-c3ccccc32)c(C(C)(C)C)c1.